The Morgan fingerprint density at radius 3 is 2.11 bits per heavy atom. The minimum Gasteiger partial charge on any atom is -0.492 e. The molecular formula is C15H26N2O. The van der Waals surface area contributed by atoms with E-state index < -0.39 is 0 Å². The van der Waals surface area contributed by atoms with Crippen LogP contribution in [-0.2, 0) is 5.41 Å². The highest BCUT2D eigenvalue weighted by Crippen LogP contribution is 2.24. The van der Waals surface area contributed by atoms with E-state index in [1.54, 1.807) is 0 Å². The molecule has 1 rings (SSSR count). The third-order valence-electron chi connectivity index (χ3n) is 3.17. The monoisotopic (exact) mass is 250 g/mol. The van der Waals surface area contributed by atoms with E-state index in [2.05, 4.69) is 37.8 Å². The van der Waals surface area contributed by atoms with Crippen LogP contribution in [0.25, 0.3) is 0 Å². The molecular weight excluding hydrogens is 224 g/mol. The summed E-state index contributed by atoms with van der Waals surface area (Å²) in [4.78, 5) is 2.09. The average Bonchev–Trinajstić information content (AvgIpc) is 2.29. The minimum absolute atomic E-state index is 0.183. The van der Waals surface area contributed by atoms with Crippen molar-refractivity contribution in [2.24, 2.45) is 5.73 Å². The summed E-state index contributed by atoms with van der Waals surface area (Å²) < 4.78 is 5.77. The molecule has 0 saturated carbocycles. The van der Waals surface area contributed by atoms with Crippen LogP contribution in [0.5, 0.6) is 5.75 Å². The predicted octanol–water partition coefficient (Wildman–Crippen LogP) is 2.25. The fourth-order valence-corrected chi connectivity index (χ4v) is 1.67. The van der Waals surface area contributed by atoms with Crippen LogP contribution in [0.2, 0.25) is 0 Å². The number of nitrogens with zero attached hydrogens (tertiary/aromatic N) is 1. The summed E-state index contributed by atoms with van der Waals surface area (Å²) in [6.45, 7) is 7.85. The van der Waals surface area contributed by atoms with Crippen LogP contribution in [0.15, 0.2) is 24.3 Å². The van der Waals surface area contributed by atoms with Crippen molar-refractivity contribution in [3.63, 3.8) is 0 Å². The second-order valence-electron chi connectivity index (χ2n) is 5.94. The lowest BCUT2D eigenvalue weighted by Crippen LogP contribution is -2.39. The molecule has 1 unspecified atom stereocenters. The molecule has 1 aromatic rings. The zero-order chi connectivity index (χ0) is 13.8. The highest BCUT2D eigenvalue weighted by Gasteiger charge is 2.13. The Morgan fingerprint density at radius 1 is 1.17 bits per heavy atom. The van der Waals surface area contributed by atoms with Gasteiger partial charge in [-0.3, -0.25) is 0 Å². The Bertz CT molecular complexity index is 352. The van der Waals surface area contributed by atoms with Gasteiger partial charge in [0.15, 0.2) is 0 Å². The molecule has 0 aliphatic rings. The van der Waals surface area contributed by atoms with Crippen LogP contribution in [0.3, 0.4) is 0 Å². The SMILES string of the molecule is CN(C)C(CN)COc1ccc(C(C)(C)C)cc1. The molecule has 0 aliphatic carbocycles. The lowest BCUT2D eigenvalue weighted by molar-refractivity contribution is 0.190. The third kappa shape index (κ3) is 4.31. The summed E-state index contributed by atoms with van der Waals surface area (Å²) in [5.41, 5.74) is 7.20. The van der Waals surface area contributed by atoms with Gasteiger partial charge in [-0.25, -0.2) is 0 Å². The van der Waals surface area contributed by atoms with Crippen molar-refractivity contribution in [2.75, 3.05) is 27.2 Å². The molecule has 0 amide bonds. The second kappa shape index (κ2) is 6.21. The van der Waals surface area contributed by atoms with Crippen LogP contribution < -0.4 is 10.5 Å². The normalized spacial score (nSPS) is 13.7. The van der Waals surface area contributed by atoms with Crippen molar-refractivity contribution >= 4 is 0 Å². The van der Waals surface area contributed by atoms with E-state index in [9.17, 15) is 0 Å². The van der Waals surface area contributed by atoms with E-state index in [1.165, 1.54) is 5.56 Å². The highest BCUT2D eigenvalue weighted by molar-refractivity contribution is 5.31. The van der Waals surface area contributed by atoms with Gasteiger partial charge in [0.1, 0.15) is 12.4 Å². The summed E-state index contributed by atoms with van der Waals surface area (Å²) in [6.07, 6.45) is 0. The van der Waals surface area contributed by atoms with Crippen LogP contribution in [-0.4, -0.2) is 38.2 Å². The Labute approximate surface area is 111 Å². The van der Waals surface area contributed by atoms with Gasteiger partial charge < -0.3 is 15.4 Å². The van der Waals surface area contributed by atoms with Crippen LogP contribution in [0, 0.1) is 0 Å². The van der Waals surface area contributed by atoms with E-state index in [0.717, 1.165) is 5.75 Å². The fourth-order valence-electron chi connectivity index (χ4n) is 1.67. The molecule has 0 radical (unpaired) electrons. The predicted molar refractivity (Wildman–Crippen MR) is 77.2 cm³/mol. The maximum atomic E-state index is 5.77. The van der Waals surface area contributed by atoms with Gasteiger partial charge in [0.05, 0.1) is 6.04 Å². The first kappa shape index (κ1) is 15.0. The second-order valence-corrected chi connectivity index (χ2v) is 5.94. The molecule has 0 aliphatic heterocycles. The molecule has 0 saturated heterocycles. The summed E-state index contributed by atoms with van der Waals surface area (Å²) in [6, 6.07) is 8.57. The van der Waals surface area contributed by atoms with Gasteiger partial charge in [-0.05, 0) is 37.2 Å². The van der Waals surface area contributed by atoms with Crippen molar-refractivity contribution in [3.8, 4) is 5.75 Å². The number of ether oxygens (including phenoxy) is 1. The Morgan fingerprint density at radius 2 is 1.72 bits per heavy atom. The zero-order valence-electron chi connectivity index (χ0n) is 12.2. The number of hydrogen-bond donors (Lipinski definition) is 1. The Hall–Kier alpha value is -1.06. The number of rotatable bonds is 5. The van der Waals surface area contributed by atoms with Gasteiger partial charge in [0.2, 0.25) is 0 Å². The average molecular weight is 250 g/mol. The maximum absolute atomic E-state index is 5.77. The van der Waals surface area contributed by atoms with E-state index in [4.69, 9.17) is 10.5 Å². The molecule has 1 aromatic carbocycles. The molecule has 0 spiro atoms. The largest absolute Gasteiger partial charge is 0.492 e. The molecule has 2 N–H and O–H groups in total. The summed E-state index contributed by atoms with van der Waals surface area (Å²) >= 11 is 0. The molecule has 0 aromatic heterocycles. The zero-order valence-corrected chi connectivity index (χ0v) is 12.2. The van der Waals surface area contributed by atoms with Crippen LogP contribution >= 0.6 is 0 Å². The molecule has 0 bridgehead atoms. The lowest BCUT2D eigenvalue weighted by atomic mass is 9.87. The Kier molecular flexibility index (Phi) is 5.17. The van der Waals surface area contributed by atoms with Gasteiger partial charge in [0.25, 0.3) is 0 Å². The van der Waals surface area contributed by atoms with Crippen molar-refractivity contribution < 1.29 is 4.74 Å². The molecule has 0 heterocycles. The topological polar surface area (TPSA) is 38.5 Å². The molecule has 102 valence electrons. The maximum Gasteiger partial charge on any atom is 0.119 e. The van der Waals surface area contributed by atoms with Crippen LogP contribution in [0.4, 0.5) is 0 Å². The first-order valence-corrected chi connectivity index (χ1v) is 6.44. The van der Waals surface area contributed by atoms with Gasteiger partial charge >= 0.3 is 0 Å². The molecule has 0 fully saturated rings. The molecule has 3 nitrogen and oxygen atoms in total. The minimum atomic E-state index is 0.183. The molecule has 1 atom stereocenters. The number of benzene rings is 1. The first-order chi connectivity index (χ1) is 8.34. The number of hydrogen-bond acceptors (Lipinski definition) is 3. The van der Waals surface area contributed by atoms with Crippen molar-refractivity contribution in [3.05, 3.63) is 29.8 Å². The van der Waals surface area contributed by atoms with E-state index in [-0.39, 0.29) is 11.5 Å². The third-order valence-corrected chi connectivity index (χ3v) is 3.17. The Balaban J connectivity index is 2.59. The summed E-state index contributed by atoms with van der Waals surface area (Å²) in [5.74, 6) is 0.906. The van der Waals surface area contributed by atoms with Gasteiger partial charge in [-0.1, -0.05) is 32.9 Å². The summed E-state index contributed by atoms with van der Waals surface area (Å²) in [5, 5.41) is 0. The summed E-state index contributed by atoms with van der Waals surface area (Å²) in [7, 11) is 4.03. The van der Waals surface area contributed by atoms with Crippen LogP contribution in [0.1, 0.15) is 26.3 Å². The fraction of sp³-hybridized carbons (Fsp3) is 0.600. The van der Waals surface area contributed by atoms with Crippen molar-refractivity contribution in [1.82, 2.24) is 4.90 Å². The van der Waals surface area contributed by atoms with Crippen molar-refractivity contribution in [2.45, 2.75) is 32.2 Å². The standard InChI is InChI=1S/C15H26N2O/c1-15(2,3)12-6-8-14(9-7-12)18-11-13(10-16)17(4)5/h6-9,13H,10-11,16H2,1-5H3. The van der Waals surface area contributed by atoms with Gasteiger partial charge in [-0.2, -0.15) is 0 Å². The highest BCUT2D eigenvalue weighted by atomic mass is 16.5. The molecule has 3 heteroatoms. The molecule has 18 heavy (non-hydrogen) atoms. The quantitative estimate of drug-likeness (QED) is 0.871. The van der Waals surface area contributed by atoms with E-state index in [1.807, 2.05) is 26.2 Å². The van der Waals surface area contributed by atoms with Gasteiger partial charge in [0, 0.05) is 6.54 Å². The lowest BCUT2D eigenvalue weighted by Gasteiger charge is -2.23. The van der Waals surface area contributed by atoms with Gasteiger partial charge in [-0.15, -0.1) is 0 Å². The van der Waals surface area contributed by atoms with E-state index in [0.29, 0.717) is 13.2 Å². The number of likely N-dealkylation sites (N-methyl/N-ethyl adjacent to an activating group) is 1. The van der Waals surface area contributed by atoms with Crippen molar-refractivity contribution in [1.29, 1.82) is 0 Å². The van der Waals surface area contributed by atoms with E-state index >= 15 is 0 Å². The first-order valence-electron chi connectivity index (χ1n) is 6.44. The number of nitrogens with two attached hydrogens (primary N) is 1. The smallest absolute Gasteiger partial charge is 0.119 e.